The van der Waals surface area contributed by atoms with Crippen LogP contribution in [0.1, 0.15) is 54.9 Å². The Morgan fingerprint density at radius 2 is 1.59 bits per heavy atom. The molecule has 0 aromatic heterocycles. The lowest BCUT2D eigenvalue weighted by Gasteiger charge is -2.33. The lowest BCUT2D eigenvalue weighted by molar-refractivity contribution is -0.139. The monoisotopic (exact) mass is 579 g/mol. The predicted molar refractivity (Wildman–Crippen MR) is 158 cm³/mol. The number of nitrogens with one attached hydrogen (secondary N) is 1. The number of aryl methyl sites for hydroxylation is 2. The molecule has 1 atom stereocenters. The molecule has 1 aliphatic carbocycles. The van der Waals surface area contributed by atoms with Crippen LogP contribution in [-0.2, 0) is 26.2 Å². The van der Waals surface area contributed by atoms with E-state index in [9.17, 15) is 22.4 Å². The van der Waals surface area contributed by atoms with Crippen LogP contribution in [0.2, 0.25) is 0 Å². The maximum atomic E-state index is 14.1. The van der Waals surface area contributed by atoms with E-state index in [1.54, 1.807) is 43.3 Å². The highest BCUT2D eigenvalue weighted by atomic mass is 32.2. The minimum Gasteiger partial charge on any atom is -0.352 e. The zero-order chi connectivity index (χ0) is 29.7. The molecule has 1 N–H and O–H groups in total. The Morgan fingerprint density at radius 1 is 0.951 bits per heavy atom. The summed E-state index contributed by atoms with van der Waals surface area (Å²) in [5.41, 5.74) is 3.54. The van der Waals surface area contributed by atoms with Crippen LogP contribution in [0.25, 0.3) is 0 Å². The van der Waals surface area contributed by atoms with Crippen LogP contribution in [0, 0.1) is 26.6 Å². The van der Waals surface area contributed by atoms with Gasteiger partial charge in [0.2, 0.25) is 11.8 Å². The lowest BCUT2D eigenvalue weighted by Crippen LogP contribution is -2.52. The molecule has 1 aliphatic rings. The largest absolute Gasteiger partial charge is 0.352 e. The van der Waals surface area contributed by atoms with E-state index in [1.807, 2.05) is 26.8 Å². The molecule has 2 amide bonds. The third-order valence-electron chi connectivity index (χ3n) is 7.87. The second kappa shape index (κ2) is 12.9. The summed E-state index contributed by atoms with van der Waals surface area (Å²) >= 11 is 0. The Bertz CT molecular complexity index is 1480. The van der Waals surface area contributed by atoms with Gasteiger partial charge >= 0.3 is 0 Å². The topological polar surface area (TPSA) is 86.8 Å². The molecule has 0 heterocycles. The molecule has 218 valence electrons. The van der Waals surface area contributed by atoms with Gasteiger partial charge in [0.25, 0.3) is 10.0 Å². The van der Waals surface area contributed by atoms with E-state index in [4.69, 9.17) is 0 Å². The van der Waals surface area contributed by atoms with Crippen LogP contribution in [0.4, 0.5) is 10.1 Å². The quantitative estimate of drug-likeness (QED) is 0.348. The zero-order valence-corrected chi connectivity index (χ0v) is 24.9. The highest BCUT2D eigenvalue weighted by Gasteiger charge is 2.34. The van der Waals surface area contributed by atoms with E-state index < -0.39 is 34.3 Å². The molecular formula is C32H38FN3O4S. The molecule has 0 bridgehead atoms. The van der Waals surface area contributed by atoms with Gasteiger partial charge in [-0.3, -0.25) is 13.9 Å². The first-order chi connectivity index (χ1) is 19.5. The minimum atomic E-state index is -4.15. The number of amides is 2. The number of sulfonamides is 1. The Balaban J connectivity index is 1.71. The second-order valence-corrected chi connectivity index (χ2v) is 12.7. The van der Waals surface area contributed by atoms with Crippen LogP contribution >= 0.6 is 0 Å². The molecule has 3 aromatic carbocycles. The summed E-state index contributed by atoms with van der Waals surface area (Å²) < 4.78 is 42.8. The molecule has 1 fully saturated rings. The molecule has 7 nitrogen and oxygen atoms in total. The normalized spacial score (nSPS) is 14.5. The predicted octanol–water partition coefficient (Wildman–Crippen LogP) is 5.42. The van der Waals surface area contributed by atoms with Gasteiger partial charge in [-0.2, -0.15) is 0 Å². The molecule has 41 heavy (non-hydrogen) atoms. The fourth-order valence-electron chi connectivity index (χ4n) is 5.12. The van der Waals surface area contributed by atoms with E-state index in [0.717, 1.165) is 46.7 Å². The van der Waals surface area contributed by atoms with Gasteiger partial charge in [0.15, 0.2) is 0 Å². The number of hydrogen-bond donors (Lipinski definition) is 1. The molecule has 0 unspecified atom stereocenters. The number of halogens is 1. The summed E-state index contributed by atoms with van der Waals surface area (Å²) in [5.74, 6) is -1.25. The van der Waals surface area contributed by atoms with Gasteiger partial charge in [-0.1, -0.05) is 54.8 Å². The Labute approximate surface area is 242 Å². The number of nitrogens with zero attached hydrogens (tertiary/aromatic N) is 2. The van der Waals surface area contributed by atoms with Gasteiger partial charge in [0.1, 0.15) is 18.4 Å². The minimum absolute atomic E-state index is 0.0174. The summed E-state index contributed by atoms with van der Waals surface area (Å²) in [5, 5.41) is 3.05. The van der Waals surface area contributed by atoms with Crippen molar-refractivity contribution < 1.29 is 22.4 Å². The smallest absolute Gasteiger partial charge is 0.264 e. The van der Waals surface area contributed by atoms with Crippen LogP contribution in [0.15, 0.2) is 71.6 Å². The molecule has 4 rings (SSSR count). The average molecular weight is 580 g/mol. The second-order valence-electron chi connectivity index (χ2n) is 10.9. The lowest BCUT2D eigenvalue weighted by atomic mass is 10.1. The van der Waals surface area contributed by atoms with Crippen LogP contribution in [0.5, 0.6) is 0 Å². The van der Waals surface area contributed by atoms with Crippen molar-refractivity contribution in [3.05, 3.63) is 94.8 Å². The summed E-state index contributed by atoms with van der Waals surface area (Å²) in [7, 11) is -4.15. The summed E-state index contributed by atoms with van der Waals surface area (Å²) in [4.78, 5) is 28.8. The summed E-state index contributed by atoms with van der Waals surface area (Å²) in [6, 6.07) is 16.7. The van der Waals surface area contributed by atoms with E-state index in [-0.39, 0.29) is 23.4 Å². The fraction of sp³-hybridized carbons (Fsp3) is 0.375. The summed E-state index contributed by atoms with van der Waals surface area (Å²) in [6.45, 7) is 6.72. The van der Waals surface area contributed by atoms with Crippen LogP contribution in [0.3, 0.4) is 0 Å². The van der Waals surface area contributed by atoms with E-state index in [0.29, 0.717) is 11.3 Å². The molecule has 9 heteroatoms. The standard InChI is InChI=1S/C32H38FN3O4S/c1-22-12-18-29(19-13-22)41(39,40)36(30-11-7-8-23(2)24(30)3)21-31(37)35(20-26-14-16-27(33)17-15-26)25(4)32(38)34-28-9-5-6-10-28/h7-8,11-19,25,28H,5-6,9-10,20-21H2,1-4H3,(H,34,38)/t25-/m0/s1. The van der Waals surface area contributed by atoms with Crippen molar-refractivity contribution in [2.75, 3.05) is 10.8 Å². The third-order valence-corrected chi connectivity index (χ3v) is 9.64. The Morgan fingerprint density at radius 3 is 2.22 bits per heavy atom. The number of benzene rings is 3. The number of anilines is 1. The molecular weight excluding hydrogens is 541 g/mol. The molecule has 0 saturated heterocycles. The van der Waals surface area contributed by atoms with Crippen molar-refractivity contribution in [3.63, 3.8) is 0 Å². The van der Waals surface area contributed by atoms with Gasteiger partial charge in [0.05, 0.1) is 10.6 Å². The van der Waals surface area contributed by atoms with E-state index >= 15 is 0 Å². The zero-order valence-electron chi connectivity index (χ0n) is 24.1. The average Bonchev–Trinajstić information content (AvgIpc) is 3.46. The first-order valence-electron chi connectivity index (χ1n) is 14.0. The maximum absolute atomic E-state index is 14.1. The van der Waals surface area contributed by atoms with Crippen molar-refractivity contribution in [2.24, 2.45) is 0 Å². The molecule has 1 saturated carbocycles. The first-order valence-corrected chi connectivity index (χ1v) is 15.4. The Hall–Kier alpha value is -3.72. The van der Waals surface area contributed by atoms with Gasteiger partial charge in [0, 0.05) is 12.6 Å². The van der Waals surface area contributed by atoms with Gasteiger partial charge < -0.3 is 10.2 Å². The van der Waals surface area contributed by atoms with Gasteiger partial charge in [-0.05, 0) is 87.6 Å². The molecule has 3 aromatic rings. The molecule has 0 spiro atoms. The number of carbonyl (C=O) groups is 2. The SMILES string of the molecule is Cc1ccc(S(=O)(=O)N(CC(=O)N(Cc2ccc(F)cc2)[C@@H](C)C(=O)NC2CCCC2)c2cccc(C)c2C)cc1. The number of hydrogen-bond acceptors (Lipinski definition) is 4. The van der Waals surface area contributed by atoms with Crippen LogP contribution in [-0.4, -0.2) is 43.8 Å². The fourth-order valence-corrected chi connectivity index (χ4v) is 6.59. The molecule has 0 radical (unpaired) electrons. The molecule has 0 aliphatic heterocycles. The first kappa shape index (κ1) is 30.2. The van der Waals surface area contributed by atoms with Gasteiger partial charge in [-0.25, -0.2) is 12.8 Å². The van der Waals surface area contributed by atoms with Crippen LogP contribution < -0.4 is 9.62 Å². The third kappa shape index (κ3) is 7.14. The Kier molecular flexibility index (Phi) is 9.48. The van der Waals surface area contributed by atoms with Crippen molar-refractivity contribution in [1.82, 2.24) is 10.2 Å². The maximum Gasteiger partial charge on any atom is 0.264 e. The van der Waals surface area contributed by atoms with Crippen molar-refractivity contribution in [2.45, 2.75) is 76.9 Å². The van der Waals surface area contributed by atoms with Gasteiger partial charge in [-0.15, -0.1) is 0 Å². The van der Waals surface area contributed by atoms with Crippen molar-refractivity contribution >= 4 is 27.5 Å². The number of rotatable bonds is 10. The number of carbonyl (C=O) groups excluding carboxylic acids is 2. The van der Waals surface area contributed by atoms with E-state index in [2.05, 4.69) is 5.32 Å². The van der Waals surface area contributed by atoms with Crippen molar-refractivity contribution in [1.29, 1.82) is 0 Å². The highest BCUT2D eigenvalue weighted by molar-refractivity contribution is 7.92. The van der Waals surface area contributed by atoms with Crippen molar-refractivity contribution in [3.8, 4) is 0 Å². The highest BCUT2D eigenvalue weighted by Crippen LogP contribution is 2.29. The van der Waals surface area contributed by atoms with E-state index in [1.165, 1.54) is 29.2 Å². The summed E-state index contributed by atoms with van der Waals surface area (Å²) in [6.07, 6.45) is 3.86.